The second kappa shape index (κ2) is 6.21. The number of nitrogens with zero attached hydrogens (tertiary/aromatic N) is 1. The summed E-state index contributed by atoms with van der Waals surface area (Å²) in [6.07, 6.45) is 1.91. The summed E-state index contributed by atoms with van der Waals surface area (Å²) in [5, 5.41) is 11.6. The fraction of sp³-hybridized carbons (Fsp3) is 0.833. The van der Waals surface area contributed by atoms with E-state index >= 15 is 0 Å². The number of hydrogen-bond donors (Lipinski definition) is 3. The van der Waals surface area contributed by atoms with Gasteiger partial charge in [0.1, 0.15) is 0 Å². The molecule has 0 spiro atoms. The Kier molecular flexibility index (Phi) is 4.60. The summed E-state index contributed by atoms with van der Waals surface area (Å²) in [4.78, 5) is 24.4. The molecule has 108 valence electrons. The van der Waals surface area contributed by atoms with Crippen molar-refractivity contribution < 1.29 is 19.4 Å². The van der Waals surface area contributed by atoms with Crippen LogP contribution in [0.2, 0.25) is 0 Å². The molecule has 0 aromatic heterocycles. The van der Waals surface area contributed by atoms with Crippen LogP contribution in [0.25, 0.3) is 0 Å². The van der Waals surface area contributed by atoms with Crippen LogP contribution >= 0.6 is 0 Å². The Labute approximate surface area is 112 Å². The number of nitrogens with two attached hydrogens (primary N) is 1. The van der Waals surface area contributed by atoms with E-state index in [4.69, 9.17) is 15.6 Å². The van der Waals surface area contributed by atoms with Gasteiger partial charge in [0, 0.05) is 25.7 Å². The average Bonchev–Trinajstić information content (AvgIpc) is 2.86. The number of likely N-dealkylation sites (tertiary alicyclic amines) is 1. The molecule has 2 atom stereocenters. The SMILES string of the molecule is NC1CCN(C(=O)NCC2CCC(C(=O)O)O2)CC1. The first-order valence-electron chi connectivity index (χ1n) is 6.73. The molecule has 7 nitrogen and oxygen atoms in total. The van der Waals surface area contributed by atoms with Crippen LogP contribution < -0.4 is 11.1 Å². The lowest BCUT2D eigenvalue weighted by Crippen LogP contribution is -2.48. The van der Waals surface area contributed by atoms with Gasteiger partial charge in [-0.25, -0.2) is 9.59 Å². The summed E-state index contributed by atoms with van der Waals surface area (Å²) in [5.74, 6) is -0.932. The number of rotatable bonds is 3. The van der Waals surface area contributed by atoms with E-state index in [2.05, 4.69) is 5.32 Å². The highest BCUT2D eigenvalue weighted by atomic mass is 16.5. The molecule has 2 fully saturated rings. The number of aliphatic carboxylic acids is 1. The van der Waals surface area contributed by atoms with Gasteiger partial charge in [0.25, 0.3) is 0 Å². The molecular formula is C12H21N3O4. The second-order valence-corrected chi connectivity index (χ2v) is 5.17. The molecule has 0 aliphatic carbocycles. The summed E-state index contributed by atoms with van der Waals surface area (Å²) in [6.45, 7) is 1.72. The van der Waals surface area contributed by atoms with Crippen LogP contribution in [0.4, 0.5) is 4.79 Å². The van der Waals surface area contributed by atoms with Crippen molar-refractivity contribution in [2.45, 2.75) is 43.9 Å². The van der Waals surface area contributed by atoms with Crippen molar-refractivity contribution in [3.8, 4) is 0 Å². The Balaban J connectivity index is 1.68. The van der Waals surface area contributed by atoms with E-state index in [1.54, 1.807) is 4.90 Å². The van der Waals surface area contributed by atoms with Crippen molar-refractivity contribution in [3.63, 3.8) is 0 Å². The number of hydrogen-bond acceptors (Lipinski definition) is 4. The number of piperidine rings is 1. The minimum Gasteiger partial charge on any atom is -0.479 e. The van der Waals surface area contributed by atoms with Crippen LogP contribution in [0.5, 0.6) is 0 Å². The number of carbonyl (C=O) groups excluding carboxylic acids is 1. The molecule has 2 aliphatic rings. The van der Waals surface area contributed by atoms with Crippen molar-refractivity contribution in [2.75, 3.05) is 19.6 Å². The zero-order chi connectivity index (χ0) is 13.8. The van der Waals surface area contributed by atoms with Crippen LogP contribution in [0.15, 0.2) is 0 Å². The Bertz CT molecular complexity index is 342. The number of ether oxygens (including phenoxy) is 1. The van der Waals surface area contributed by atoms with Gasteiger partial charge in [0.05, 0.1) is 6.10 Å². The van der Waals surface area contributed by atoms with Gasteiger partial charge in [-0.05, 0) is 25.7 Å². The highest BCUT2D eigenvalue weighted by molar-refractivity contribution is 5.74. The molecule has 0 saturated carbocycles. The number of urea groups is 1. The van der Waals surface area contributed by atoms with E-state index < -0.39 is 12.1 Å². The third-order valence-corrected chi connectivity index (χ3v) is 3.69. The Morgan fingerprint density at radius 2 is 1.95 bits per heavy atom. The first-order chi connectivity index (χ1) is 9.06. The maximum atomic E-state index is 11.9. The number of amides is 2. The molecule has 0 radical (unpaired) electrons. The first kappa shape index (κ1) is 14.1. The Hall–Kier alpha value is -1.34. The normalized spacial score (nSPS) is 28.4. The topological polar surface area (TPSA) is 105 Å². The molecule has 19 heavy (non-hydrogen) atoms. The molecule has 0 aromatic rings. The van der Waals surface area contributed by atoms with Gasteiger partial charge in [-0.15, -0.1) is 0 Å². The molecule has 2 rings (SSSR count). The average molecular weight is 271 g/mol. The minimum atomic E-state index is -0.932. The van der Waals surface area contributed by atoms with E-state index in [9.17, 15) is 9.59 Å². The van der Waals surface area contributed by atoms with Crippen LogP contribution in [0, 0.1) is 0 Å². The van der Waals surface area contributed by atoms with Gasteiger partial charge < -0.3 is 25.8 Å². The minimum absolute atomic E-state index is 0.116. The monoisotopic (exact) mass is 271 g/mol. The quantitative estimate of drug-likeness (QED) is 0.656. The summed E-state index contributed by atoms with van der Waals surface area (Å²) >= 11 is 0. The van der Waals surface area contributed by atoms with Crippen molar-refractivity contribution in [2.24, 2.45) is 5.73 Å². The molecule has 2 heterocycles. The van der Waals surface area contributed by atoms with Crippen molar-refractivity contribution in [3.05, 3.63) is 0 Å². The van der Waals surface area contributed by atoms with E-state index in [-0.39, 0.29) is 18.2 Å². The Morgan fingerprint density at radius 1 is 1.26 bits per heavy atom. The summed E-state index contributed by atoms with van der Waals surface area (Å²) in [7, 11) is 0. The molecule has 0 bridgehead atoms. The molecule has 2 saturated heterocycles. The smallest absolute Gasteiger partial charge is 0.332 e. The van der Waals surface area contributed by atoms with Gasteiger partial charge in [-0.1, -0.05) is 0 Å². The van der Waals surface area contributed by atoms with E-state index in [0.29, 0.717) is 32.5 Å². The molecular weight excluding hydrogens is 250 g/mol. The summed E-state index contributed by atoms with van der Waals surface area (Å²) in [5.41, 5.74) is 5.78. The fourth-order valence-electron chi connectivity index (χ4n) is 2.45. The second-order valence-electron chi connectivity index (χ2n) is 5.17. The van der Waals surface area contributed by atoms with Crippen LogP contribution in [-0.2, 0) is 9.53 Å². The molecule has 2 aliphatic heterocycles. The lowest BCUT2D eigenvalue weighted by atomic mass is 10.1. The highest BCUT2D eigenvalue weighted by Gasteiger charge is 2.31. The van der Waals surface area contributed by atoms with Crippen LogP contribution in [-0.4, -0.2) is 59.9 Å². The van der Waals surface area contributed by atoms with Crippen molar-refractivity contribution >= 4 is 12.0 Å². The standard InChI is InChI=1S/C12H21N3O4/c13-8-3-5-15(6-4-8)12(18)14-7-9-1-2-10(19-9)11(16)17/h8-10H,1-7,13H2,(H,14,18)(H,16,17). The number of nitrogens with one attached hydrogen (secondary N) is 1. The number of carboxylic acid groups (broad SMARTS) is 1. The van der Waals surface area contributed by atoms with Crippen LogP contribution in [0.1, 0.15) is 25.7 Å². The maximum absolute atomic E-state index is 11.9. The molecule has 4 N–H and O–H groups in total. The zero-order valence-electron chi connectivity index (χ0n) is 10.9. The third-order valence-electron chi connectivity index (χ3n) is 3.69. The highest BCUT2D eigenvalue weighted by Crippen LogP contribution is 2.19. The number of carbonyl (C=O) groups is 2. The lowest BCUT2D eigenvalue weighted by molar-refractivity contribution is -0.149. The predicted molar refractivity (Wildman–Crippen MR) is 67.7 cm³/mol. The van der Waals surface area contributed by atoms with Crippen molar-refractivity contribution in [1.29, 1.82) is 0 Å². The maximum Gasteiger partial charge on any atom is 0.332 e. The summed E-state index contributed by atoms with van der Waals surface area (Å²) < 4.78 is 5.32. The van der Waals surface area contributed by atoms with Gasteiger partial charge in [-0.2, -0.15) is 0 Å². The molecule has 2 unspecified atom stereocenters. The van der Waals surface area contributed by atoms with Gasteiger partial charge in [0.2, 0.25) is 0 Å². The van der Waals surface area contributed by atoms with Gasteiger partial charge in [0.15, 0.2) is 6.10 Å². The fourth-order valence-corrected chi connectivity index (χ4v) is 2.45. The molecule has 0 aromatic carbocycles. The Morgan fingerprint density at radius 3 is 2.53 bits per heavy atom. The number of carboxylic acids is 1. The largest absolute Gasteiger partial charge is 0.479 e. The van der Waals surface area contributed by atoms with Crippen LogP contribution in [0.3, 0.4) is 0 Å². The first-order valence-corrected chi connectivity index (χ1v) is 6.73. The van der Waals surface area contributed by atoms with Gasteiger partial charge in [-0.3, -0.25) is 0 Å². The third kappa shape index (κ3) is 3.81. The van der Waals surface area contributed by atoms with Crippen molar-refractivity contribution in [1.82, 2.24) is 10.2 Å². The van der Waals surface area contributed by atoms with Gasteiger partial charge >= 0.3 is 12.0 Å². The van der Waals surface area contributed by atoms with E-state index in [0.717, 1.165) is 12.8 Å². The van der Waals surface area contributed by atoms with E-state index in [1.807, 2.05) is 0 Å². The zero-order valence-corrected chi connectivity index (χ0v) is 10.9. The molecule has 7 heteroatoms. The molecule has 2 amide bonds. The lowest BCUT2D eigenvalue weighted by Gasteiger charge is -2.30. The van der Waals surface area contributed by atoms with E-state index in [1.165, 1.54) is 0 Å². The predicted octanol–water partition coefficient (Wildman–Crippen LogP) is -0.249. The summed E-state index contributed by atoms with van der Waals surface area (Å²) in [6, 6.07) is 0.0767.